The monoisotopic (exact) mass is 650 g/mol. The van der Waals surface area contributed by atoms with Gasteiger partial charge < -0.3 is 30.1 Å². The fourth-order valence-corrected chi connectivity index (χ4v) is 6.00. The first-order valence-corrected chi connectivity index (χ1v) is 17.8. The van der Waals surface area contributed by atoms with Crippen molar-refractivity contribution < 1.29 is 41.6 Å². The van der Waals surface area contributed by atoms with Gasteiger partial charge in [-0.3, -0.25) is 4.72 Å². The number of ether oxygens (including phenoxy) is 2. The first-order chi connectivity index (χ1) is 21.0. The third kappa shape index (κ3) is 11.8. The lowest BCUT2D eigenvalue weighted by Crippen LogP contribution is -2.22. The van der Waals surface area contributed by atoms with Gasteiger partial charge in [-0.2, -0.15) is 0 Å². The summed E-state index contributed by atoms with van der Waals surface area (Å²) in [4.78, 5) is 0.00470. The quantitative estimate of drug-likeness (QED) is 0.114. The highest BCUT2D eigenvalue weighted by Crippen LogP contribution is 2.22. The molecule has 0 saturated heterocycles. The van der Waals surface area contributed by atoms with E-state index < -0.39 is 26.0 Å². The molecule has 242 valence electrons. The van der Waals surface area contributed by atoms with E-state index in [2.05, 4.69) is 10.0 Å². The summed E-state index contributed by atoms with van der Waals surface area (Å²) in [5.74, 6) is 0.0141. The van der Waals surface area contributed by atoms with Crippen LogP contribution in [0.2, 0.25) is 0 Å². The van der Waals surface area contributed by atoms with Gasteiger partial charge >= 0.3 is 0 Å². The molecule has 0 aliphatic heterocycles. The number of sulfone groups is 1. The van der Waals surface area contributed by atoms with Crippen LogP contribution in [-0.2, 0) is 42.5 Å². The third-order valence-corrected chi connectivity index (χ3v) is 9.30. The van der Waals surface area contributed by atoms with Gasteiger partial charge in [-0.25, -0.2) is 16.8 Å². The van der Waals surface area contributed by atoms with Crippen LogP contribution in [0.1, 0.15) is 48.5 Å². The summed E-state index contributed by atoms with van der Waals surface area (Å²) >= 11 is 0. The van der Waals surface area contributed by atoms with Crippen molar-refractivity contribution in [2.24, 2.45) is 0 Å². The van der Waals surface area contributed by atoms with Gasteiger partial charge in [0, 0.05) is 30.7 Å². The Morgan fingerprint density at radius 3 is 2.25 bits per heavy atom. The molecule has 0 fully saturated rings. The Morgan fingerprint density at radius 2 is 1.52 bits per heavy atom. The molecule has 3 rings (SSSR count). The van der Waals surface area contributed by atoms with Crippen molar-refractivity contribution in [3.8, 4) is 5.75 Å². The molecule has 5 N–H and O–H groups in total. The molecule has 0 unspecified atom stereocenters. The summed E-state index contributed by atoms with van der Waals surface area (Å²) in [6.45, 7) is 2.65. The van der Waals surface area contributed by atoms with Crippen molar-refractivity contribution in [3.63, 3.8) is 0 Å². The van der Waals surface area contributed by atoms with E-state index in [1.54, 1.807) is 30.3 Å². The predicted molar refractivity (Wildman–Crippen MR) is 168 cm³/mol. The van der Waals surface area contributed by atoms with Gasteiger partial charge in [0.05, 0.1) is 42.3 Å². The van der Waals surface area contributed by atoms with Gasteiger partial charge in [-0.05, 0) is 79.0 Å². The molecule has 0 amide bonds. The number of hydrogen-bond acceptors (Lipinski definition) is 10. The molecule has 13 heteroatoms. The molecule has 0 aromatic heterocycles. The smallest absolute Gasteiger partial charge is 0.261 e. The fourth-order valence-electron chi connectivity index (χ4n) is 4.32. The van der Waals surface area contributed by atoms with Gasteiger partial charge in [0.25, 0.3) is 10.0 Å². The number of sulfonamides is 1. The van der Waals surface area contributed by atoms with Gasteiger partial charge in [0.1, 0.15) is 5.75 Å². The zero-order valence-electron chi connectivity index (χ0n) is 24.8. The summed E-state index contributed by atoms with van der Waals surface area (Å²) in [7, 11) is -7.31. The van der Waals surface area contributed by atoms with E-state index in [4.69, 9.17) is 9.47 Å². The van der Waals surface area contributed by atoms with Crippen LogP contribution in [0.5, 0.6) is 5.75 Å². The maximum Gasteiger partial charge on any atom is 0.261 e. The van der Waals surface area contributed by atoms with Gasteiger partial charge in [-0.15, -0.1) is 0 Å². The second kappa shape index (κ2) is 17.4. The third-order valence-electron chi connectivity index (χ3n) is 6.77. The highest BCUT2D eigenvalue weighted by Gasteiger charge is 2.16. The summed E-state index contributed by atoms with van der Waals surface area (Å²) in [6, 6.07) is 16.6. The molecule has 11 nitrogen and oxygen atoms in total. The Hall–Kier alpha value is -3.04. The lowest BCUT2D eigenvalue weighted by Gasteiger charge is -2.14. The molecule has 0 radical (unpaired) electrons. The molecule has 0 saturated carbocycles. The molecule has 3 aromatic rings. The topological polar surface area (TPSA) is 171 Å². The first kappa shape index (κ1) is 35.4. The normalized spacial score (nSPS) is 12.7. The Labute approximate surface area is 259 Å². The van der Waals surface area contributed by atoms with Crippen LogP contribution in [0.3, 0.4) is 0 Å². The SMILES string of the molecule is CS(=O)(=O)c1ccc(S(=O)(=O)Nc2cccc(COCCOCCCCCCNC[C@H](O)c3ccc(O)c(CO)c3)c2)cc1. The van der Waals surface area contributed by atoms with E-state index >= 15 is 0 Å². The molecular weight excluding hydrogens is 608 g/mol. The van der Waals surface area contributed by atoms with Crippen LogP contribution in [0.4, 0.5) is 5.69 Å². The summed E-state index contributed by atoms with van der Waals surface area (Å²) in [5.41, 5.74) is 2.20. The van der Waals surface area contributed by atoms with Gasteiger partial charge in [0.15, 0.2) is 9.84 Å². The standard InChI is InChI=1S/C31H42N2O9S2/c1-43(37,38)28-10-12-29(13-11-28)44(39,40)33-27-8-6-7-24(19-27)23-42-18-17-41-16-5-3-2-4-15-32-21-31(36)25-9-14-30(35)26(20-25)22-34/h6-14,19-20,31-36H,2-5,15-18,21-23H2,1H3/t31-/m0/s1. The average molecular weight is 651 g/mol. The summed E-state index contributed by atoms with van der Waals surface area (Å²) in [6.07, 6.45) is 4.30. The predicted octanol–water partition coefficient (Wildman–Crippen LogP) is 3.51. The van der Waals surface area contributed by atoms with Crippen LogP contribution >= 0.6 is 0 Å². The number of aliphatic hydroxyl groups is 2. The van der Waals surface area contributed by atoms with Crippen molar-refractivity contribution in [1.29, 1.82) is 0 Å². The maximum atomic E-state index is 12.7. The first-order valence-electron chi connectivity index (χ1n) is 14.4. The molecule has 3 aromatic carbocycles. The Kier molecular flexibility index (Phi) is 14.1. The average Bonchev–Trinajstić information content (AvgIpc) is 2.99. The molecule has 44 heavy (non-hydrogen) atoms. The van der Waals surface area contributed by atoms with E-state index in [1.807, 2.05) is 6.07 Å². The number of unbranched alkanes of at least 4 members (excludes halogenated alkanes) is 3. The van der Waals surface area contributed by atoms with Crippen molar-refractivity contribution in [3.05, 3.63) is 83.4 Å². The van der Waals surface area contributed by atoms with Crippen molar-refractivity contribution in [2.45, 2.75) is 54.8 Å². The number of hydrogen-bond donors (Lipinski definition) is 5. The molecule has 0 aliphatic carbocycles. The number of nitrogens with one attached hydrogen (secondary N) is 2. The molecule has 0 bridgehead atoms. The number of anilines is 1. The number of aliphatic hydroxyl groups excluding tert-OH is 2. The molecular formula is C31H42N2O9S2. The van der Waals surface area contributed by atoms with Gasteiger partial charge in [-0.1, -0.05) is 31.0 Å². The minimum Gasteiger partial charge on any atom is -0.508 e. The van der Waals surface area contributed by atoms with Crippen LogP contribution in [0, 0.1) is 0 Å². The van der Waals surface area contributed by atoms with Crippen molar-refractivity contribution >= 4 is 25.5 Å². The van der Waals surface area contributed by atoms with Crippen LogP contribution in [-0.4, -0.2) is 71.3 Å². The van der Waals surface area contributed by atoms with E-state index in [9.17, 15) is 32.2 Å². The van der Waals surface area contributed by atoms with E-state index in [1.165, 1.54) is 30.3 Å². The number of benzene rings is 3. The minimum atomic E-state index is -3.89. The zero-order chi connectivity index (χ0) is 32.0. The Bertz CT molecular complexity index is 1530. The molecule has 0 aliphatic rings. The Morgan fingerprint density at radius 1 is 0.818 bits per heavy atom. The van der Waals surface area contributed by atoms with Gasteiger partial charge in [0.2, 0.25) is 0 Å². The lowest BCUT2D eigenvalue weighted by atomic mass is 10.1. The minimum absolute atomic E-state index is 0.0141. The summed E-state index contributed by atoms with van der Waals surface area (Å²) in [5, 5.41) is 32.4. The maximum absolute atomic E-state index is 12.7. The number of aromatic hydroxyl groups is 1. The molecule has 1 atom stereocenters. The van der Waals surface area contributed by atoms with Crippen LogP contribution in [0.15, 0.2) is 76.5 Å². The fraction of sp³-hybridized carbons (Fsp3) is 0.419. The molecule has 0 spiro atoms. The zero-order valence-corrected chi connectivity index (χ0v) is 26.4. The van der Waals surface area contributed by atoms with E-state index in [-0.39, 0.29) is 22.1 Å². The number of rotatable bonds is 20. The van der Waals surface area contributed by atoms with E-state index in [0.29, 0.717) is 49.8 Å². The second-order valence-electron chi connectivity index (χ2n) is 10.4. The van der Waals surface area contributed by atoms with E-state index in [0.717, 1.165) is 44.0 Å². The Balaban J connectivity index is 1.23. The van der Waals surface area contributed by atoms with Crippen LogP contribution < -0.4 is 10.0 Å². The van der Waals surface area contributed by atoms with Crippen LogP contribution in [0.25, 0.3) is 0 Å². The highest BCUT2D eigenvalue weighted by atomic mass is 32.2. The molecule has 0 heterocycles. The largest absolute Gasteiger partial charge is 0.508 e. The van der Waals surface area contributed by atoms with Crippen molar-refractivity contribution in [1.82, 2.24) is 5.32 Å². The second-order valence-corrected chi connectivity index (χ2v) is 14.1. The highest BCUT2D eigenvalue weighted by molar-refractivity contribution is 7.92. The lowest BCUT2D eigenvalue weighted by molar-refractivity contribution is 0.0393. The summed E-state index contributed by atoms with van der Waals surface area (Å²) < 4.78 is 62.5. The van der Waals surface area contributed by atoms with Crippen molar-refractivity contribution in [2.75, 3.05) is 43.9 Å². The number of phenols is 1.